The third-order valence-electron chi connectivity index (χ3n) is 2.20. The van der Waals surface area contributed by atoms with Gasteiger partial charge >= 0.3 is 0 Å². The minimum Gasteiger partial charge on any atom is -0.207 e. The summed E-state index contributed by atoms with van der Waals surface area (Å²) in [6.07, 6.45) is 0. The van der Waals surface area contributed by atoms with Gasteiger partial charge in [-0.25, -0.2) is 12.7 Å². The molecule has 0 atom stereocenters. The number of benzene rings is 1. The van der Waals surface area contributed by atoms with Crippen molar-refractivity contribution in [2.24, 2.45) is 5.41 Å². The van der Waals surface area contributed by atoms with E-state index in [1.54, 1.807) is 25.2 Å². The Labute approximate surface area is 112 Å². The molecule has 0 unspecified atom stereocenters. The average Bonchev–Trinajstić information content (AvgIpc) is 2.15. The number of hydrogen-bond donors (Lipinski definition) is 0. The van der Waals surface area contributed by atoms with E-state index in [2.05, 4.69) is 15.9 Å². The summed E-state index contributed by atoms with van der Waals surface area (Å²) in [5.74, 6) is 0. The molecule has 0 bridgehead atoms. The molecule has 0 radical (unpaired) electrons. The fraction of sp³-hybridized carbons (Fsp3) is 0.500. The Hall–Kier alpha value is -0.390. The van der Waals surface area contributed by atoms with Crippen molar-refractivity contribution in [2.45, 2.75) is 25.7 Å². The highest BCUT2D eigenvalue weighted by atomic mass is 79.9. The molecular formula is C12H18BrNO2S. The van der Waals surface area contributed by atoms with Crippen molar-refractivity contribution in [2.75, 3.05) is 13.6 Å². The molecule has 0 aliphatic heterocycles. The molecule has 0 saturated carbocycles. The fourth-order valence-corrected chi connectivity index (χ4v) is 3.55. The lowest BCUT2D eigenvalue weighted by Gasteiger charge is -2.26. The summed E-state index contributed by atoms with van der Waals surface area (Å²) in [7, 11) is -1.78. The lowest BCUT2D eigenvalue weighted by Crippen LogP contribution is -2.34. The van der Waals surface area contributed by atoms with E-state index in [1.807, 2.05) is 26.8 Å². The highest BCUT2D eigenvalue weighted by Gasteiger charge is 2.25. The van der Waals surface area contributed by atoms with Crippen LogP contribution in [0.3, 0.4) is 0 Å². The van der Waals surface area contributed by atoms with Crippen molar-refractivity contribution in [3.63, 3.8) is 0 Å². The molecule has 3 nitrogen and oxygen atoms in total. The highest BCUT2D eigenvalue weighted by Crippen LogP contribution is 2.22. The number of hydrogen-bond acceptors (Lipinski definition) is 2. The van der Waals surface area contributed by atoms with Gasteiger partial charge in [0.15, 0.2) is 0 Å². The van der Waals surface area contributed by atoms with E-state index in [4.69, 9.17) is 0 Å². The predicted molar refractivity (Wildman–Crippen MR) is 73.4 cm³/mol. The average molecular weight is 320 g/mol. The smallest absolute Gasteiger partial charge is 0.207 e. The van der Waals surface area contributed by atoms with Crippen molar-refractivity contribution >= 4 is 26.0 Å². The Bertz CT molecular complexity index is 491. The summed E-state index contributed by atoms with van der Waals surface area (Å²) >= 11 is 3.28. The van der Waals surface area contributed by atoms with Crippen LogP contribution in [0.5, 0.6) is 0 Å². The van der Waals surface area contributed by atoms with Gasteiger partial charge in [0.1, 0.15) is 0 Å². The number of rotatable bonds is 3. The summed E-state index contributed by atoms with van der Waals surface area (Å²) in [5.41, 5.74) is -0.0617. The quantitative estimate of drug-likeness (QED) is 0.858. The van der Waals surface area contributed by atoms with Gasteiger partial charge in [-0.15, -0.1) is 0 Å². The molecule has 0 amide bonds. The molecule has 17 heavy (non-hydrogen) atoms. The number of nitrogens with zero attached hydrogens (tertiary/aromatic N) is 1. The van der Waals surface area contributed by atoms with E-state index in [-0.39, 0.29) is 5.41 Å². The molecule has 0 fully saturated rings. The van der Waals surface area contributed by atoms with Crippen LogP contribution in [0.4, 0.5) is 0 Å². The maximum atomic E-state index is 12.3. The predicted octanol–water partition coefficient (Wildman–Crippen LogP) is 3.12. The van der Waals surface area contributed by atoms with Gasteiger partial charge in [0, 0.05) is 18.1 Å². The Morgan fingerprint density at radius 3 is 2.35 bits per heavy atom. The molecule has 96 valence electrons. The van der Waals surface area contributed by atoms with Crippen LogP contribution in [-0.4, -0.2) is 26.3 Å². The third-order valence-corrected chi connectivity index (χ3v) is 4.49. The SMILES string of the molecule is CN(CC(C)(C)C)S(=O)(=O)c1cccc(Br)c1. The summed E-state index contributed by atoms with van der Waals surface area (Å²) in [6, 6.07) is 6.76. The monoisotopic (exact) mass is 319 g/mol. The Morgan fingerprint density at radius 1 is 1.29 bits per heavy atom. The molecule has 1 aromatic carbocycles. The molecule has 1 rings (SSSR count). The maximum absolute atomic E-state index is 12.3. The maximum Gasteiger partial charge on any atom is 0.242 e. The van der Waals surface area contributed by atoms with E-state index >= 15 is 0 Å². The van der Waals surface area contributed by atoms with Crippen molar-refractivity contribution in [3.05, 3.63) is 28.7 Å². The van der Waals surface area contributed by atoms with Crippen LogP contribution in [0, 0.1) is 5.41 Å². The zero-order valence-corrected chi connectivity index (χ0v) is 13.0. The first kappa shape index (κ1) is 14.7. The summed E-state index contributed by atoms with van der Waals surface area (Å²) < 4.78 is 26.7. The molecule has 5 heteroatoms. The molecular weight excluding hydrogens is 302 g/mol. The van der Waals surface area contributed by atoms with Gasteiger partial charge in [-0.3, -0.25) is 0 Å². The molecule has 0 heterocycles. The van der Waals surface area contributed by atoms with Gasteiger partial charge < -0.3 is 0 Å². The first-order valence-electron chi connectivity index (χ1n) is 5.35. The van der Waals surface area contributed by atoms with Crippen LogP contribution >= 0.6 is 15.9 Å². The topological polar surface area (TPSA) is 37.4 Å². The molecule has 1 aromatic rings. The largest absolute Gasteiger partial charge is 0.242 e. The van der Waals surface area contributed by atoms with Crippen LogP contribution in [-0.2, 0) is 10.0 Å². The fourth-order valence-electron chi connectivity index (χ4n) is 1.56. The summed E-state index contributed by atoms with van der Waals surface area (Å²) in [6.45, 7) is 6.53. The van der Waals surface area contributed by atoms with Crippen LogP contribution in [0.15, 0.2) is 33.6 Å². The van der Waals surface area contributed by atoms with Crippen molar-refractivity contribution in [1.82, 2.24) is 4.31 Å². The second-order valence-corrected chi connectivity index (χ2v) is 8.24. The van der Waals surface area contributed by atoms with Crippen LogP contribution in [0.25, 0.3) is 0 Å². The Morgan fingerprint density at radius 2 is 1.88 bits per heavy atom. The lowest BCUT2D eigenvalue weighted by atomic mass is 9.97. The Balaban J connectivity index is 3.04. The van der Waals surface area contributed by atoms with Crippen molar-refractivity contribution in [3.8, 4) is 0 Å². The van der Waals surface area contributed by atoms with Crippen LogP contribution in [0.2, 0.25) is 0 Å². The van der Waals surface area contributed by atoms with E-state index < -0.39 is 10.0 Å². The van der Waals surface area contributed by atoms with E-state index in [0.29, 0.717) is 11.4 Å². The number of sulfonamides is 1. The minimum absolute atomic E-state index is 0.0617. The molecule has 0 spiro atoms. The van der Waals surface area contributed by atoms with Gasteiger partial charge in [0.25, 0.3) is 0 Å². The molecule has 0 aliphatic rings. The first-order valence-corrected chi connectivity index (χ1v) is 7.58. The van der Waals surface area contributed by atoms with E-state index in [1.165, 1.54) is 4.31 Å². The molecule has 0 aromatic heterocycles. The Kier molecular flexibility index (Phi) is 4.38. The highest BCUT2D eigenvalue weighted by molar-refractivity contribution is 9.10. The van der Waals surface area contributed by atoms with Gasteiger partial charge in [0.2, 0.25) is 10.0 Å². The normalized spacial score (nSPS) is 13.1. The minimum atomic E-state index is -3.39. The first-order chi connectivity index (χ1) is 7.63. The second kappa shape index (κ2) is 5.08. The van der Waals surface area contributed by atoms with Gasteiger partial charge in [-0.2, -0.15) is 0 Å². The standard InChI is InChI=1S/C12H18BrNO2S/c1-12(2,3)9-14(4)17(15,16)11-7-5-6-10(13)8-11/h5-8H,9H2,1-4H3. The van der Waals surface area contributed by atoms with Gasteiger partial charge in [-0.1, -0.05) is 42.8 Å². The van der Waals surface area contributed by atoms with E-state index in [9.17, 15) is 8.42 Å². The lowest BCUT2D eigenvalue weighted by molar-refractivity contribution is 0.311. The molecule has 0 N–H and O–H groups in total. The molecule has 0 saturated heterocycles. The molecule has 0 aliphatic carbocycles. The zero-order valence-electron chi connectivity index (χ0n) is 10.6. The van der Waals surface area contributed by atoms with Crippen LogP contribution < -0.4 is 0 Å². The van der Waals surface area contributed by atoms with E-state index in [0.717, 1.165) is 4.47 Å². The van der Waals surface area contributed by atoms with Crippen LogP contribution in [0.1, 0.15) is 20.8 Å². The van der Waals surface area contributed by atoms with Crippen molar-refractivity contribution in [1.29, 1.82) is 0 Å². The summed E-state index contributed by atoms with van der Waals surface area (Å²) in [5, 5.41) is 0. The van der Waals surface area contributed by atoms with Gasteiger partial charge in [0.05, 0.1) is 4.90 Å². The second-order valence-electron chi connectivity index (χ2n) is 5.28. The summed E-state index contributed by atoms with van der Waals surface area (Å²) in [4.78, 5) is 0.318. The van der Waals surface area contributed by atoms with Crippen molar-refractivity contribution < 1.29 is 8.42 Å². The van der Waals surface area contributed by atoms with Gasteiger partial charge in [-0.05, 0) is 23.6 Å². The number of halogens is 1. The zero-order chi connectivity index (χ0) is 13.3. The third kappa shape index (κ3) is 4.08.